The lowest BCUT2D eigenvalue weighted by Gasteiger charge is -2.16. The van der Waals surface area contributed by atoms with Crippen molar-refractivity contribution >= 4 is 43.2 Å². The summed E-state index contributed by atoms with van der Waals surface area (Å²) in [6.07, 6.45) is -2.19. The van der Waals surface area contributed by atoms with Crippen LogP contribution < -0.4 is 10.6 Å². The molecule has 2 N–H and O–H groups in total. The maximum Gasteiger partial charge on any atom is 0.417 e. The number of hydrogen-bond donors (Lipinski definition) is 2. The van der Waals surface area contributed by atoms with Crippen LogP contribution in [0.2, 0.25) is 0 Å². The largest absolute Gasteiger partial charge is 0.417 e. The molecule has 3 aromatic rings. The second-order valence-electron chi connectivity index (χ2n) is 9.45. The molecule has 0 radical (unpaired) electrons. The van der Waals surface area contributed by atoms with Crippen LogP contribution in [0.4, 0.5) is 17.6 Å². The minimum atomic E-state index is -4.81. The molecule has 0 saturated heterocycles. The van der Waals surface area contributed by atoms with E-state index in [1.54, 1.807) is 13.8 Å². The molecule has 1 aromatic carbocycles. The fourth-order valence-corrected chi connectivity index (χ4v) is 7.31. The number of carbonyl (C=O) groups excluding carboxylic acids is 2. The number of hydrogen-bond acceptors (Lipinski definition) is 7. The zero-order valence-electron chi connectivity index (χ0n) is 20.3. The van der Waals surface area contributed by atoms with Gasteiger partial charge in [0.05, 0.1) is 28.1 Å². The summed E-state index contributed by atoms with van der Waals surface area (Å²) >= 11 is 0.760. The van der Waals surface area contributed by atoms with Crippen molar-refractivity contribution in [1.82, 2.24) is 20.6 Å². The Hall–Kier alpha value is -3.13. The van der Waals surface area contributed by atoms with Crippen molar-refractivity contribution in [3.05, 3.63) is 47.0 Å². The molecule has 2 aromatic heterocycles. The molecule has 1 fully saturated rings. The van der Waals surface area contributed by atoms with Gasteiger partial charge < -0.3 is 10.6 Å². The predicted molar refractivity (Wildman–Crippen MR) is 133 cm³/mol. The minimum absolute atomic E-state index is 0.000951. The normalized spacial score (nSPS) is 15.0. The summed E-state index contributed by atoms with van der Waals surface area (Å²) in [5.41, 5.74) is -1.52. The third-order valence-corrected chi connectivity index (χ3v) is 9.16. The predicted octanol–water partition coefficient (Wildman–Crippen LogP) is 4.02. The topological polar surface area (TPSA) is 118 Å². The Kier molecular flexibility index (Phi) is 7.75. The number of rotatable bonds is 9. The van der Waals surface area contributed by atoms with Gasteiger partial charge in [0.15, 0.2) is 15.1 Å². The third-order valence-electron chi connectivity index (χ3n) is 5.64. The van der Waals surface area contributed by atoms with E-state index in [0.29, 0.717) is 0 Å². The van der Waals surface area contributed by atoms with Gasteiger partial charge in [0.2, 0.25) is 17.8 Å². The van der Waals surface area contributed by atoms with E-state index in [9.17, 15) is 35.6 Å². The number of aromatic nitrogens is 2. The standard InChI is InChI=1S/C24H24F4N4O4S2/c1-12(2)11-38(35,36)21(22(34)30-10-20(33)31-14-4-5-14)23-32-17-8-16(24(26,27)28)15(7-18(17)37-23)13-3-6-19(25)29-9-13/h3,6-9,12,14,21H,4-5,10-11H2,1-2H3,(H,30,34)(H,31,33). The van der Waals surface area contributed by atoms with Gasteiger partial charge in [0, 0.05) is 17.8 Å². The van der Waals surface area contributed by atoms with E-state index in [-0.39, 0.29) is 44.1 Å². The molecule has 4 rings (SSSR count). The first-order valence-electron chi connectivity index (χ1n) is 11.7. The molecule has 1 aliphatic rings. The summed E-state index contributed by atoms with van der Waals surface area (Å²) in [5, 5.41) is 2.97. The van der Waals surface area contributed by atoms with Crippen molar-refractivity contribution in [3.8, 4) is 11.1 Å². The van der Waals surface area contributed by atoms with Gasteiger partial charge in [-0.1, -0.05) is 13.8 Å². The lowest BCUT2D eigenvalue weighted by atomic mass is 10.0. The van der Waals surface area contributed by atoms with Gasteiger partial charge in [-0.25, -0.2) is 18.4 Å². The molecule has 204 valence electrons. The maximum atomic E-state index is 13.9. The zero-order valence-corrected chi connectivity index (χ0v) is 21.9. The molecule has 0 bridgehead atoms. The number of thiazole rings is 1. The van der Waals surface area contributed by atoms with Crippen molar-refractivity contribution in [2.24, 2.45) is 5.92 Å². The van der Waals surface area contributed by atoms with Gasteiger partial charge in [-0.3, -0.25) is 9.59 Å². The van der Waals surface area contributed by atoms with E-state index in [1.165, 1.54) is 6.07 Å². The monoisotopic (exact) mass is 572 g/mol. The number of sulfone groups is 1. The van der Waals surface area contributed by atoms with Crippen LogP contribution in [0.25, 0.3) is 21.3 Å². The Labute approximate surface area is 219 Å². The van der Waals surface area contributed by atoms with Crippen LogP contribution in [0, 0.1) is 11.9 Å². The molecule has 8 nitrogen and oxygen atoms in total. The van der Waals surface area contributed by atoms with Crippen LogP contribution in [-0.2, 0) is 25.6 Å². The molecule has 14 heteroatoms. The molecule has 1 aliphatic carbocycles. The lowest BCUT2D eigenvalue weighted by molar-refractivity contribution is -0.137. The highest BCUT2D eigenvalue weighted by molar-refractivity contribution is 7.92. The summed E-state index contributed by atoms with van der Waals surface area (Å²) in [4.78, 5) is 32.6. The van der Waals surface area contributed by atoms with E-state index < -0.39 is 51.1 Å². The minimum Gasteiger partial charge on any atom is -0.352 e. The quantitative estimate of drug-likeness (QED) is 0.295. The van der Waals surface area contributed by atoms with Crippen molar-refractivity contribution in [1.29, 1.82) is 0 Å². The van der Waals surface area contributed by atoms with E-state index in [4.69, 9.17) is 0 Å². The zero-order chi connectivity index (χ0) is 27.8. The first kappa shape index (κ1) is 27.9. The van der Waals surface area contributed by atoms with E-state index >= 15 is 0 Å². The van der Waals surface area contributed by atoms with Crippen molar-refractivity contribution < 1.29 is 35.6 Å². The smallest absolute Gasteiger partial charge is 0.352 e. The molecular weight excluding hydrogens is 548 g/mol. The molecule has 1 unspecified atom stereocenters. The van der Waals surface area contributed by atoms with Crippen LogP contribution in [-0.4, -0.2) is 48.5 Å². The van der Waals surface area contributed by atoms with Gasteiger partial charge in [-0.2, -0.15) is 17.6 Å². The SMILES string of the molecule is CC(C)CS(=O)(=O)C(C(=O)NCC(=O)NC1CC1)c1nc2cc(C(F)(F)F)c(-c3ccc(F)nc3)cc2s1. The van der Waals surface area contributed by atoms with Crippen LogP contribution in [0.15, 0.2) is 30.5 Å². The number of nitrogens with one attached hydrogen (secondary N) is 2. The fraction of sp³-hybridized carbons (Fsp3) is 0.417. The molecule has 38 heavy (non-hydrogen) atoms. The Morgan fingerprint density at radius 3 is 2.47 bits per heavy atom. The Bertz CT molecular complexity index is 1470. The van der Waals surface area contributed by atoms with Crippen LogP contribution >= 0.6 is 11.3 Å². The third kappa shape index (κ3) is 6.46. The number of amides is 2. The number of carbonyl (C=O) groups is 2. The number of pyridine rings is 1. The second-order valence-corrected chi connectivity index (χ2v) is 12.6. The Morgan fingerprint density at radius 1 is 1.18 bits per heavy atom. The van der Waals surface area contributed by atoms with Crippen LogP contribution in [0.5, 0.6) is 0 Å². The summed E-state index contributed by atoms with van der Waals surface area (Å²) in [5.74, 6) is -3.06. The highest BCUT2D eigenvalue weighted by Crippen LogP contribution is 2.42. The van der Waals surface area contributed by atoms with Crippen LogP contribution in [0.3, 0.4) is 0 Å². The van der Waals surface area contributed by atoms with Gasteiger partial charge in [-0.05, 0) is 48.6 Å². The lowest BCUT2D eigenvalue weighted by Crippen LogP contribution is -2.42. The first-order valence-corrected chi connectivity index (χ1v) is 14.2. The van der Waals surface area contributed by atoms with Gasteiger partial charge in [0.25, 0.3) is 0 Å². The fourth-order valence-electron chi connectivity index (χ4n) is 3.87. The van der Waals surface area contributed by atoms with E-state index in [1.807, 2.05) is 0 Å². The van der Waals surface area contributed by atoms with Crippen molar-refractivity contribution in [3.63, 3.8) is 0 Å². The highest BCUT2D eigenvalue weighted by atomic mass is 32.2. The average Bonchev–Trinajstić information content (AvgIpc) is 3.52. The number of nitrogens with zero attached hydrogens (tertiary/aromatic N) is 2. The molecule has 0 spiro atoms. The molecule has 0 aliphatic heterocycles. The second kappa shape index (κ2) is 10.6. The summed E-state index contributed by atoms with van der Waals surface area (Å²) in [7, 11) is -4.16. The summed E-state index contributed by atoms with van der Waals surface area (Å²) in [6, 6.07) is 4.05. The highest BCUT2D eigenvalue weighted by Gasteiger charge is 2.39. The van der Waals surface area contributed by atoms with Crippen molar-refractivity contribution in [2.75, 3.05) is 12.3 Å². The number of alkyl halides is 3. The van der Waals surface area contributed by atoms with Gasteiger partial charge in [0.1, 0.15) is 5.01 Å². The molecule has 2 heterocycles. The number of halogens is 4. The van der Waals surface area contributed by atoms with Crippen molar-refractivity contribution in [2.45, 2.75) is 44.2 Å². The Balaban J connectivity index is 1.76. The molecule has 1 saturated carbocycles. The van der Waals surface area contributed by atoms with Gasteiger partial charge in [-0.15, -0.1) is 11.3 Å². The summed E-state index contributed by atoms with van der Waals surface area (Å²) in [6.45, 7) is 2.84. The van der Waals surface area contributed by atoms with E-state index in [0.717, 1.165) is 48.6 Å². The molecular formula is C24H24F4N4O4S2. The number of benzene rings is 1. The summed E-state index contributed by atoms with van der Waals surface area (Å²) < 4.78 is 81.7. The first-order chi connectivity index (χ1) is 17.7. The molecule has 2 amide bonds. The van der Waals surface area contributed by atoms with E-state index in [2.05, 4.69) is 20.6 Å². The number of fused-ring (bicyclic) bond motifs is 1. The van der Waals surface area contributed by atoms with Gasteiger partial charge >= 0.3 is 6.18 Å². The molecule has 1 atom stereocenters. The average molecular weight is 573 g/mol. The van der Waals surface area contributed by atoms with Crippen LogP contribution in [0.1, 0.15) is 42.5 Å². The maximum absolute atomic E-state index is 13.9. The Morgan fingerprint density at radius 2 is 1.89 bits per heavy atom.